The summed E-state index contributed by atoms with van der Waals surface area (Å²) in [6.07, 6.45) is 4.40. The molecular formula is C12H21NO3S. The Labute approximate surface area is 107 Å². The van der Waals surface area contributed by atoms with Gasteiger partial charge in [-0.25, -0.2) is 0 Å². The molecule has 1 atom stereocenters. The van der Waals surface area contributed by atoms with E-state index in [1.807, 2.05) is 6.92 Å². The van der Waals surface area contributed by atoms with Gasteiger partial charge in [0.15, 0.2) is 0 Å². The van der Waals surface area contributed by atoms with Crippen molar-refractivity contribution in [2.24, 2.45) is 0 Å². The van der Waals surface area contributed by atoms with E-state index in [0.717, 1.165) is 31.4 Å². The van der Waals surface area contributed by atoms with Gasteiger partial charge in [-0.05, 0) is 25.5 Å². The number of rotatable bonds is 8. The smallest absolute Gasteiger partial charge is 0.242 e. The van der Waals surface area contributed by atoms with E-state index in [4.69, 9.17) is 5.11 Å². The molecule has 0 aromatic heterocycles. The molecule has 0 aromatic rings. The van der Waals surface area contributed by atoms with Gasteiger partial charge in [0, 0.05) is 19.6 Å². The third kappa shape index (κ3) is 4.32. The number of carbonyl (C=O) groups is 2. The number of hydrogen-bond acceptors (Lipinski definition) is 4. The predicted molar refractivity (Wildman–Crippen MR) is 68.8 cm³/mol. The normalized spacial score (nSPS) is 20.4. The molecule has 0 spiro atoms. The minimum atomic E-state index is -0.153. The second kappa shape index (κ2) is 7.71. The molecule has 0 aromatic carbocycles. The van der Waals surface area contributed by atoms with Crippen LogP contribution in [0.15, 0.2) is 0 Å². The number of aliphatic hydroxyl groups is 1. The molecule has 1 heterocycles. The molecule has 17 heavy (non-hydrogen) atoms. The topological polar surface area (TPSA) is 57.6 Å². The van der Waals surface area contributed by atoms with Gasteiger partial charge in [-0.15, -0.1) is 11.8 Å². The van der Waals surface area contributed by atoms with Crippen LogP contribution < -0.4 is 0 Å². The minimum Gasteiger partial charge on any atom is -0.396 e. The van der Waals surface area contributed by atoms with Gasteiger partial charge in [-0.1, -0.05) is 12.8 Å². The molecule has 0 saturated carbocycles. The lowest BCUT2D eigenvalue weighted by Crippen LogP contribution is -2.30. The molecule has 0 radical (unpaired) electrons. The van der Waals surface area contributed by atoms with Gasteiger partial charge in [0.1, 0.15) is 0 Å². The Morgan fingerprint density at radius 3 is 2.59 bits per heavy atom. The van der Waals surface area contributed by atoms with Crippen molar-refractivity contribution in [1.82, 2.24) is 4.90 Å². The fourth-order valence-corrected chi connectivity index (χ4v) is 3.09. The zero-order valence-electron chi connectivity index (χ0n) is 10.4. The summed E-state index contributed by atoms with van der Waals surface area (Å²) in [5.74, 6) is 0.875. The molecule has 1 rings (SSSR count). The summed E-state index contributed by atoms with van der Waals surface area (Å²) >= 11 is 1.60. The molecule has 1 aliphatic rings. The fourth-order valence-electron chi connectivity index (χ4n) is 1.91. The van der Waals surface area contributed by atoms with Crippen LogP contribution in [-0.2, 0) is 9.59 Å². The van der Waals surface area contributed by atoms with Gasteiger partial charge in [0.05, 0.1) is 5.25 Å². The van der Waals surface area contributed by atoms with Gasteiger partial charge in [0.2, 0.25) is 11.8 Å². The van der Waals surface area contributed by atoms with Crippen molar-refractivity contribution in [2.45, 2.75) is 44.3 Å². The summed E-state index contributed by atoms with van der Waals surface area (Å²) in [6.45, 7) is 2.58. The first-order chi connectivity index (χ1) is 8.20. The molecule has 5 heteroatoms. The number of likely N-dealkylation sites (tertiary alicyclic amines) is 1. The number of carbonyl (C=O) groups excluding carboxylic acids is 2. The molecule has 1 fully saturated rings. The SMILES string of the molecule is CCN1C(=O)CC(SCCCCCCO)C1=O. The number of nitrogens with zero attached hydrogens (tertiary/aromatic N) is 1. The Morgan fingerprint density at radius 1 is 1.29 bits per heavy atom. The maximum absolute atomic E-state index is 11.8. The van der Waals surface area contributed by atoms with Crippen LogP contribution in [0.5, 0.6) is 0 Å². The van der Waals surface area contributed by atoms with Crippen molar-refractivity contribution >= 4 is 23.6 Å². The molecule has 1 saturated heterocycles. The van der Waals surface area contributed by atoms with Gasteiger partial charge in [0.25, 0.3) is 0 Å². The average molecular weight is 259 g/mol. The van der Waals surface area contributed by atoms with Crippen LogP contribution >= 0.6 is 11.8 Å². The van der Waals surface area contributed by atoms with Crippen molar-refractivity contribution in [3.8, 4) is 0 Å². The first-order valence-electron chi connectivity index (χ1n) is 6.27. The summed E-state index contributed by atoms with van der Waals surface area (Å²) in [5.41, 5.74) is 0. The summed E-state index contributed by atoms with van der Waals surface area (Å²) < 4.78 is 0. The molecule has 1 aliphatic heterocycles. The predicted octanol–water partition coefficient (Wildman–Crippen LogP) is 1.42. The molecule has 1 unspecified atom stereocenters. The number of amides is 2. The van der Waals surface area contributed by atoms with Gasteiger partial charge in [-0.3, -0.25) is 14.5 Å². The van der Waals surface area contributed by atoms with E-state index < -0.39 is 0 Å². The van der Waals surface area contributed by atoms with E-state index in [2.05, 4.69) is 0 Å². The van der Waals surface area contributed by atoms with E-state index in [1.54, 1.807) is 11.8 Å². The minimum absolute atomic E-state index is 0.0159. The highest BCUT2D eigenvalue weighted by molar-refractivity contribution is 8.00. The summed E-state index contributed by atoms with van der Waals surface area (Å²) in [7, 11) is 0. The van der Waals surface area contributed by atoms with E-state index in [1.165, 1.54) is 4.90 Å². The first-order valence-corrected chi connectivity index (χ1v) is 7.32. The largest absolute Gasteiger partial charge is 0.396 e. The van der Waals surface area contributed by atoms with Gasteiger partial charge < -0.3 is 5.11 Å². The maximum Gasteiger partial charge on any atom is 0.242 e. The first kappa shape index (κ1) is 14.5. The van der Waals surface area contributed by atoms with E-state index in [0.29, 0.717) is 13.0 Å². The quantitative estimate of drug-likeness (QED) is 0.529. The van der Waals surface area contributed by atoms with Crippen molar-refractivity contribution in [1.29, 1.82) is 0 Å². The van der Waals surface area contributed by atoms with E-state index in [9.17, 15) is 9.59 Å². The Bertz CT molecular complexity index is 270. The zero-order valence-corrected chi connectivity index (χ0v) is 11.2. The standard InChI is InChI=1S/C12H21NO3S/c1-2-13-11(15)9-10(12(13)16)17-8-6-4-3-5-7-14/h10,14H,2-9H2,1H3. The van der Waals surface area contributed by atoms with Crippen LogP contribution in [0.4, 0.5) is 0 Å². The van der Waals surface area contributed by atoms with Crippen LogP contribution in [0.2, 0.25) is 0 Å². The summed E-state index contributed by atoms with van der Waals surface area (Å²) in [6, 6.07) is 0. The van der Waals surface area contributed by atoms with Crippen molar-refractivity contribution < 1.29 is 14.7 Å². The van der Waals surface area contributed by atoms with Crippen LogP contribution in [-0.4, -0.2) is 46.0 Å². The zero-order chi connectivity index (χ0) is 12.7. The fraction of sp³-hybridized carbons (Fsp3) is 0.833. The monoisotopic (exact) mass is 259 g/mol. The molecule has 98 valence electrons. The van der Waals surface area contributed by atoms with Crippen LogP contribution in [0.25, 0.3) is 0 Å². The lowest BCUT2D eigenvalue weighted by molar-refractivity contribution is -0.137. The highest BCUT2D eigenvalue weighted by Crippen LogP contribution is 2.25. The average Bonchev–Trinajstić information content (AvgIpc) is 2.58. The van der Waals surface area contributed by atoms with Crippen LogP contribution in [0.3, 0.4) is 0 Å². The van der Waals surface area contributed by atoms with Crippen LogP contribution in [0.1, 0.15) is 39.0 Å². The third-order valence-electron chi connectivity index (χ3n) is 2.89. The lowest BCUT2D eigenvalue weighted by Gasteiger charge is -2.11. The van der Waals surface area contributed by atoms with Crippen molar-refractivity contribution in [3.05, 3.63) is 0 Å². The Kier molecular flexibility index (Phi) is 6.58. The lowest BCUT2D eigenvalue weighted by atomic mass is 10.2. The molecule has 0 bridgehead atoms. The molecule has 4 nitrogen and oxygen atoms in total. The van der Waals surface area contributed by atoms with Crippen molar-refractivity contribution in [2.75, 3.05) is 18.9 Å². The number of aliphatic hydroxyl groups excluding tert-OH is 1. The second-order valence-electron chi connectivity index (χ2n) is 4.18. The van der Waals surface area contributed by atoms with E-state index in [-0.39, 0.29) is 23.7 Å². The number of hydrogen-bond donors (Lipinski definition) is 1. The Morgan fingerprint density at radius 2 is 2.00 bits per heavy atom. The number of imide groups is 1. The van der Waals surface area contributed by atoms with Gasteiger partial charge >= 0.3 is 0 Å². The summed E-state index contributed by atoms with van der Waals surface area (Å²) in [4.78, 5) is 24.6. The highest BCUT2D eigenvalue weighted by Gasteiger charge is 2.37. The number of thioether (sulfide) groups is 1. The maximum atomic E-state index is 11.8. The number of unbranched alkanes of at least 4 members (excludes halogenated alkanes) is 3. The second-order valence-corrected chi connectivity index (χ2v) is 5.49. The third-order valence-corrected chi connectivity index (χ3v) is 4.19. The molecule has 2 amide bonds. The van der Waals surface area contributed by atoms with E-state index >= 15 is 0 Å². The van der Waals surface area contributed by atoms with Crippen molar-refractivity contribution in [3.63, 3.8) is 0 Å². The molecular weight excluding hydrogens is 238 g/mol. The van der Waals surface area contributed by atoms with Gasteiger partial charge in [-0.2, -0.15) is 0 Å². The summed E-state index contributed by atoms with van der Waals surface area (Å²) in [5, 5.41) is 8.47. The van der Waals surface area contributed by atoms with Crippen LogP contribution in [0, 0.1) is 0 Å². The highest BCUT2D eigenvalue weighted by atomic mass is 32.2. The molecule has 0 aliphatic carbocycles. The molecule has 1 N–H and O–H groups in total. The Balaban J connectivity index is 2.16. The Hall–Kier alpha value is -0.550.